The van der Waals surface area contributed by atoms with E-state index in [1.54, 1.807) is 7.11 Å². The Hall–Kier alpha value is -2.06. The van der Waals surface area contributed by atoms with Gasteiger partial charge in [-0.05, 0) is 30.7 Å². The molecule has 0 aliphatic rings. The molecule has 130 valence electrons. The lowest BCUT2D eigenvalue weighted by Crippen LogP contribution is -2.09. The van der Waals surface area contributed by atoms with Crippen LogP contribution in [0.25, 0.3) is 11.4 Å². The summed E-state index contributed by atoms with van der Waals surface area (Å²) in [5, 5.41) is 27.8. The molecule has 1 atom stereocenters. The minimum atomic E-state index is -0.184. The van der Waals surface area contributed by atoms with E-state index in [2.05, 4.69) is 22.3 Å². The lowest BCUT2D eigenvalue weighted by Gasteiger charge is -2.11. The zero-order valence-corrected chi connectivity index (χ0v) is 15.4. The molecule has 25 heavy (non-hydrogen) atoms. The van der Waals surface area contributed by atoms with E-state index in [-0.39, 0.29) is 5.92 Å². The van der Waals surface area contributed by atoms with Crippen LogP contribution in [0.3, 0.4) is 0 Å². The summed E-state index contributed by atoms with van der Waals surface area (Å²) < 4.78 is 7.17. The molecule has 1 heterocycles. The van der Waals surface area contributed by atoms with Crippen LogP contribution in [0.15, 0.2) is 29.4 Å². The summed E-state index contributed by atoms with van der Waals surface area (Å²) >= 11 is 7.42. The van der Waals surface area contributed by atoms with Crippen molar-refractivity contribution in [3.8, 4) is 23.5 Å². The number of nitriles is 2. The molecule has 6 nitrogen and oxygen atoms in total. The first kappa shape index (κ1) is 19.3. The molecule has 0 bridgehead atoms. The molecule has 0 aliphatic heterocycles. The van der Waals surface area contributed by atoms with Crippen LogP contribution in [-0.4, -0.2) is 34.2 Å². The van der Waals surface area contributed by atoms with Crippen LogP contribution < -0.4 is 0 Å². The molecule has 0 radical (unpaired) electrons. The number of thioether (sulfide) groups is 1. The Bertz CT molecular complexity index is 763. The Kier molecular flexibility index (Phi) is 7.75. The van der Waals surface area contributed by atoms with E-state index in [0.29, 0.717) is 36.8 Å². The largest absolute Gasteiger partial charge is 0.383 e. The second-order valence-electron chi connectivity index (χ2n) is 5.29. The van der Waals surface area contributed by atoms with Gasteiger partial charge in [-0.1, -0.05) is 23.4 Å². The number of aromatic nitrogens is 3. The molecule has 0 fully saturated rings. The second kappa shape index (κ2) is 10.0. The Balaban J connectivity index is 2.19. The molecular weight excluding hydrogens is 358 g/mol. The molecule has 1 aromatic heterocycles. The highest BCUT2D eigenvalue weighted by Gasteiger charge is 2.16. The van der Waals surface area contributed by atoms with Crippen molar-refractivity contribution in [2.45, 2.75) is 24.5 Å². The summed E-state index contributed by atoms with van der Waals surface area (Å²) in [7, 11) is 1.65. The maximum absolute atomic E-state index is 9.20. The fraction of sp³-hybridized carbons (Fsp3) is 0.412. The van der Waals surface area contributed by atoms with Gasteiger partial charge in [0, 0.05) is 29.9 Å². The predicted octanol–water partition coefficient (Wildman–Crippen LogP) is 3.78. The second-order valence-corrected chi connectivity index (χ2v) is 6.71. The maximum atomic E-state index is 9.20. The zero-order valence-electron chi connectivity index (χ0n) is 13.9. The topological polar surface area (TPSA) is 87.5 Å². The number of hydrogen-bond donors (Lipinski definition) is 0. The van der Waals surface area contributed by atoms with Gasteiger partial charge in [0.1, 0.15) is 0 Å². The minimum Gasteiger partial charge on any atom is -0.383 e. The molecule has 2 rings (SSSR count). The van der Waals surface area contributed by atoms with Gasteiger partial charge in [-0.15, -0.1) is 10.2 Å². The lowest BCUT2D eigenvalue weighted by molar-refractivity contribution is 0.185. The summed E-state index contributed by atoms with van der Waals surface area (Å²) in [5.74, 6) is 1.13. The smallest absolute Gasteiger partial charge is 0.191 e. The number of hydrogen-bond acceptors (Lipinski definition) is 6. The standard InChI is InChI=1S/C17H18ClN5OS/c1-24-10-9-23-16(14-4-6-15(18)7-5-14)21-22-17(23)25-12-13(11-20)3-2-8-19/h4-7,13H,2-3,9-10,12H2,1H3. The number of rotatable bonds is 9. The van der Waals surface area contributed by atoms with Crippen LogP contribution in [0.4, 0.5) is 0 Å². The van der Waals surface area contributed by atoms with Gasteiger partial charge < -0.3 is 4.74 Å². The van der Waals surface area contributed by atoms with E-state index in [1.807, 2.05) is 28.8 Å². The summed E-state index contributed by atoms with van der Waals surface area (Å²) in [6.07, 6.45) is 0.946. The van der Waals surface area contributed by atoms with Gasteiger partial charge in [-0.2, -0.15) is 10.5 Å². The molecule has 2 aromatic rings. The molecule has 0 aliphatic carbocycles. The van der Waals surface area contributed by atoms with Crippen LogP contribution in [0, 0.1) is 28.6 Å². The first-order valence-corrected chi connectivity index (χ1v) is 9.13. The normalized spacial score (nSPS) is 11.7. The summed E-state index contributed by atoms with van der Waals surface area (Å²) in [5.41, 5.74) is 0.918. The lowest BCUT2D eigenvalue weighted by atomic mass is 10.1. The molecule has 0 saturated carbocycles. The summed E-state index contributed by atoms with van der Waals surface area (Å²) in [6.45, 7) is 1.14. The molecule has 1 aromatic carbocycles. The van der Waals surface area contributed by atoms with Crippen molar-refractivity contribution < 1.29 is 4.74 Å². The van der Waals surface area contributed by atoms with Gasteiger partial charge in [-0.25, -0.2) is 0 Å². The van der Waals surface area contributed by atoms with E-state index < -0.39 is 0 Å². The third-order valence-corrected chi connectivity index (χ3v) is 4.92. The Morgan fingerprint density at radius 1 is 1.28 bits per heavy atom. The van der Waals surface area contributed by atoms with Crippen molar-refractivity contribution in [3.05, 3.63) is 29.3 Å². The molecule has 1 unspecified atom stereocenters. The average Bonchev–Trinajstić information content (AvgIpc) is 3.03. The highest BCUT2D eigenvalue weighted by molar-refractivity contribution is 7.99. The highest BCUT2D eigenvalue weighted by atomic mass is 35.5. The van der Waals surface area contributed by atoms with E-state index in [9.17, 15) is 5.26 Å². The van der Waals surface area contributed by atoms with Crippen LogP contribution in [0.2, 0.25) is 5.02 Å². The van der Waals surface area contributed by atoms with Crippen molar-refractivity contribution in [3.63, 3.8) is 0 Å². The molecule has 0 amide bonds. The van der Waals surface area contributed by atoms with Crippen LogP contribution in [0.1, 0.15) is 12.8 Å². The average molecular weight is 376 g/mol. The predicted molar refractivity (Wildman–Crippen MR) is 97.0 cm³/mol. The quantitative estimate of drug-likeness (QED) is 0.620. The first-order chi connectivity index (χ1) is 12.2. The Labute approximate surface area is 156 Å². The third kappa shape index (κ3) is 5.47. The van der Waals surface area contributed by atoms with E-state index in [4.69, 9.17) is 21.6 Å². The molecule has 0 N–H and O–H groups in total. The molecule has 0 saturated heterocycles. The summed E-state index contributed by atoms with van der Waals surface area (Å²) in [6, 6.07) is 11.7. The number of methoxy groups -OCH3 is 1. The minimum absolute atomic E-state index is 0.184. The molecule has 0 spiro atoms. The van der Waals surface area contributed by atoms with Crippen molar-refractivity contribution >= 4 is 23.4 Å². The van der Waals surface area contributed by atoms with Gasteiger partial charge in [0.05, 0.1) is 31.2 Å². The first-order valence-electron chi connectivity index (χ1n) is 7.77. The van der Waals surface area contributed by atoms with Gasteiger partial charge in [0.15, 0.2) is 11.0 Å². The molecular formula is C17H18ClN5OS. The highest BCUT2D eigenvalue weighted by Crippen LogP contribution is 2.27. The monoisotopic (exact) mass is 375 g/mol. The Morgan fingerprint density at radius 2 is 2.04 bits per heavy atom. The van der Waals surface area contributed by atoms with Gasteiger partial charge >= 0.3 is 0 Å². The fourth-order valence-corrected chi connectivity index (χ4v) is 3.34. The zero-order chi connectivity index (χ0) is 18.1. The van der Waals surface area contributed by atoms with Gasteiger partial charge in [-0.3, -0.25) is 4.57 Å². The number of nitrogens with zero attached hydrogens (tertiary/aromatic N) is 5. The van der Waals surface area contributed by atoms with Crippen LogP contribution >= 0.6 is 23.4 Å². The van der Waals surface area contributed by atoms with E-state index in [1.165, 1.54) is 11.8 Å². The van der Waals surface area contributed by atoms with E-state index >= 15 is 0 Å². The number of halogens is 1. The van der Waals surface area contributed by atoms with Gasteiger partial charge in [0.25, 0.3) is 0 Å². The van der Waals surface area contributed by atoms with Crippen molar-refractivity contribution in [1.82, 2.24) is 14.8 Å². The SMILES string of the molecule is COCCn1c(SCC(C#N)CCC#N)nnc1-c1ccc(Cl)cc1. The number of benzene rings is 1. The van der Waals surface area contributed by atoms with Crippen molar-refractivity contribution in [2.24, 2.45) is 5.92 Å². The summed E-state index contributed by atoms with van der Waals surface area (Å²) in [4.78, 5) is 0. The molecule has 8 heteroatoms. The van der Waals surface area contributed by atoms with Crippen LogP contribution in [0.5, 0.6) is 0 Å². The van der Waals surface area contributed by atoms with Gasteiger partial charge in [0.2, 0.25) is 0 Å². The fourth-order valence-electron chi connectivity index (χ4n) is 2.19. The van der Waals surface area contributed by atoms with E-state index in [0.717, 1.165) is 16.5 Å². The Morgan fingerprint density at radius 3 is 2.68 bits per heavy atom. The number of ether oxygens (including phenoxy) is 1. The third-order valence-electron chi connectivity index (χ3n) is 3.54. The maximum Gasteiger partial charge on any atom is 0.191 e. The van der Waals surface area contributed by atoms with Crippen LogP contribution in [-0.2, 0) is 11.3 Å². The van der Waals surface area contributed by atoms with Crippen molar-refractivity contribution in [2.75, 3.05) is 19.5 Å². The van der Waals surface area contributed by atoms with Crippen molar-refractivity contribution in [1.29, 1.82) is 10.5 Å².